The summed E-state index contributed by atoms with van der Waals surface area (Å²) >= 11 is 1.59. The first-order valence-electron chi connectivity index (χ1n) is 6.31. The molecular weight excluding hydrogens is 262 g/mol. The van der Waals surface area contributed by atoms with Crippen LogP contribution in [0.5, 0.6) is 0 Å². The molecule has 0 aromatic carbocycles. The molecule has 1 saturated heterocycles. The van der Waals surface area contributed by atoms with E-state index in [0.29, 0.717) is 24.8 Å². The zero-order valence-electron chi connectivity index (χ0n) is 10.9. The SMILES string of the molecule is CC(C)C(=O)N1CC(c2nc(-c3cccs3)no2)C1. The molecule has 0 atom stereocenters. The molecule has 0 bridgehead atoms. The maximum atomic E-state index is 11.8. The quantitative estimate of drug-likeness (QED) is 0.864. The van der Waals surface area contributed by atoms with Gasteiger partial charge in [-0.25, -0.2) is 0 Å². The summed E-state index contributed by atoms with van der Waals surface area (Å²) in [7, 11) is 0. The molecular formula is C13H15N3O2S. The summed E-state index contributed by atoms with van der Waals surface area (Å²) in [6.07, 6.45) is 0. The van der Waals surface area contributed by atoms with Gasteiger partial charge in [-0.1, -0.05) is 25.1 Å². The molecule has 0 aliphatic carbocycles. The maximum absolute atomic E-state index is 11.8. The number of carbonyl (C=O) groups excluding carboxylic acids is 1. The normalized spacial score (nSPS) is 15.8. The van der Waals surface area contributed by atoms with E-state index in [1.54, 1.807) is 11.3 Å². The number of rotatable bonds is 3. The molecule has 2 aromatic heterocycles. The van der Waals surface area contributed by atoms with Gasteiger partial charge < -0.3 is 9.42 Å². The molecule has 1 fully saturated rings. The lowest BCUT2D eigenvalue weighted by atomic mass is 9.98. The third-order valence-electron chi connectivity index (χ3n) is 3.22. The first-order valence-corrected chi connectivity index (χ1v) is 7.19. The molecule has 0 saturated carbocycles. The molecule has 5 nitrogen and oxygen atoms in total. The Morgan fingerprint density at radius 2 is 2.32 bits per heavy atom. The van der Waals surface area contributed by atoms with E-state index in [2.05, 4.69) is 10.1 Å². The van der Waals surface area contributed by atoms with Gasteiger partial charge in [0, 0.05) is 19.0 Å². The second kappa shape index (κ2) is 4.77. The topological polar surface area (TPSA) is 59.2 Å². The highest BCUT2D eigenvalue weighted by molar-refractivity contribution is 7.13. The molecule has 0 unspecified atom stereocenters. The van der Waals surface area contributed by atoms with E-state index in [9.17, 15) is 4.79 Å². The monoisotopic (exact) mass is 277 g/mol. The molecule has 2 aromatic rings. The van der Waals surface area contributed by atoms with Crippen molar-refractivity contribution in [3.05, 3.63) is 23.4 Å². The molecule has 1 aliphatic heterocycles. The van der Waals surface area contributed by atoms with Crippen molar-refractivity contribution in [1.29, 1.82) is 0 Å². The lowest BCUT2D eigenvalue weighted by Gasteiger charge is -2.38. The van der Waals surface area contributed by atoms with Crippen LogP contribution in [0, 0.1) is 5.92 Å². The summed E-state index contributed by atoms with van der Waals surface area (Å²) in [4.78, 5) is 19.0. The van der Waals surface area contributed by atoms with Crippen molar-refractivity contribution >= 4 is 17.2 Å². The van der Waals surface area contributed by atoms with Gasteiger partial charge in [0.1, 0.15) is 0 Å². The van der Waals surface area contributed by atoms with E-state index in [-0.39, 0.29) is 17.7 Å². The van der Waals surface area contributed by atoms with Crippen LogP contribution in [0.3, 0.4) is 0 Å². The van der Waals surface area contributed by atoms with Gasteiger partial charge in [0.05, 0.1) is 10.8 Å². The number of carbonyl (C=O) groups is 1. The van der Waals surface area contributed by atoms with Crippen molar-refractivity contribution in [1.82, 2.24) is 15.0 Å². The van der Waals surface area contributed by atoms with Crippen LogP contribution in [0.4, 0.5) is 0 Å². The largest absolute Gasteiger partial charge is 0.341 e. The summed E-state index contributed by atoms with van der Waals surface area (Å²) in [5.41, 5.74) is 0. The molecule has 3 heterocycles. The fraction of sp³-hybridized carbons (Fsp3) is 0.462. The van der Waals surface area contributed by atoms with Crippen molar-refractivity contribution in [2.45, 2.75) is 19.8 Å². The number of hydrogen-bond donors (Lipinski definition) is 0. The molecule has 0 spiro atoms. The van der Waals surface area contributed by atoms with Gasteiger partial charge in [0.25, 0.3) is 0 Å². The van der Waals surface area contributed by atoms with Crippen molar-refractivity contribution in [2.24, 2.45) is 5.92 Å². The summed E-state index contributed by atoms with van der Waals surface area (Å²) in [5.74, 6) is 1.69. The van der Waals surface area contributed by atoms with Crippen LogP contribution in [0.1, 0.15) is 25.7 Å². The van der Waals surface area contributed by atoms with Crippen LogP contribution >= 0.6 is 11.3 Å². The van der Waals surface area contributed by atoms with Crippen molar-refractivity contribution in [3.63, 3.8) is 0 Å². The number of thiophene rings is 1. The Bertz CT molecular complexity index is 570. The van der Waals surface area contributed by atoms with Gasteiger partial charge in [-0.05, 0) is 11.4 Å². The van der Waals surface area contributed by atoms with Gasteiger partial charge in [-0.3, -0.25) is 4.79 Å². The van der Waals surface area contributed by atoms with Crippen molar-refractivity contribution < 1.29 is 9.32 Å². The third-order valence-corrected chi connectivity index (χ3v) is 4.09. The first kappa shape index (κ1) is 12.3. The van der Waals surface area contributed by atoms with E-state index >= 15 is 0 Å². The fourth-order valence-electron chi connectivity index (χ4n) is 2.09. The summed E-state index contributed by atoms with van der Waals surface area (Å²) < 4.78 is 5.29. The highest BCUT2D eigenvalue weighted by atomic mass is 32.1. The third kappa shape index (κ3) is 2.28. The van der Waals surface area contributed by atoms with Gasteiger partial charge >= 0.3 is 0 Å². The lowest BCUT2D eigenvalue weighted by molar-refractivity contribution is -0.139. The van der Waals surface area contributed by atoms with Gasteiger partial charge in [0.2, 0.25) is 17.6 Å². The Kier molecular flexibility index (Phi) is 3.10. The summed E-state index contributed by atoms with van der Waals surface area (Å²) in [5, 5.41) is 5.97. The highest BCUT2D eigenvalue weighted by Gasteiger charge is 2.36. The van der Waals surface area contributed by atoms with Gasteiger partial charge in [-0.15, -0.1) is 11.3 Å². The zero-order valence-corrected chi connectivity index (χ0v) is 11.7. The first-order chi connectivity index (χ1) is 9.15. The van der Waals surface area contributed by atoms with Crippen LogP contribution in [-0.4, -0.2) is 34.0 Å². The minimum absolute atomic E-state index is 0.0466. The molecule has 1 aliphatic rings. The Hall–Kier alpha value is -1.69. The van der Waals surface area contributed by atoms with E-state index in [0.717, 1.165) is 4.88 Å². The molecule has 6 heteroatoms. The average Bonchev–Trinajstić information content (AvgIpc) is 2.96. The minimum Gasteiger partial charge on any atom is -0.341 e. The smallest absolute Gasteiger partial charge is 0.233 e. The average molecular weight is 277 g/mol. The van der Waals surface area contributed by atoms with Gasteiger partial charge in [-0.2, -0.15) is 4.98 Å². The number of hydrogen-bond acceptors (Lipinski definition) is 5. The Balaban J connectivity index is 1.65. The molecule has 0 N–H and O–H groups in total. The van der Waals surface area contributed by atoms with E-state index in [1.807, 2.05) is 36.3 Å². The predicted octanol–water partition coefficient (Wildman–Crippen LogP) is 2.38. The standard InChI is InChI=1S/C13H15N3O2S/c1-8(2)13(17)16-6-9(7-16)12-14-11(15-18-12)10-4-3-5-19-10/h3-5,8-9H,6-7H2,1-2H3. The highest BCUT2D eigenvalue weighted by Crippen LogP contribution is 2.29. The number of amides is 1. The van der Waals surface area contributed by atoms with Crippen molar-refractivity contribution in [2.75, 3.05) is 13.1 Å². The van der Waals surface area contributed by atoms with Crippen LogP contribution < -0.4 is 0 Å². The van der Waals surface area contributed by atoms with E-state index in [4.69, 9.17) is 4.52 Å². The lowest BCUT2D eigenvalue weighted by Crippen LogP contribution is -2.50. The Morgan fingerprint density at radius 1 is 1.53 bits per heavy atom. The van der Waals surface area contributed by atoms with Crippen LogP contribution in [0.15, 0.2) is 22.0 Å². The Morgan fingerprint density at radius 3 is 2.95 bits per heavy atom. The van der Waals surface area contributed by atoms with Crippen LogP contribution in [0.25, 0.3) is 10.7 Å². The zero-order chi connectivity index (χ0) is 13.4. The Labute approximate surface area is 115 Å². The van der Waals surface area contributed by atoms with Crippen LogP contribution in [0.2, 0.25) is 0 Å². The van der Waals surface area contributed by atoms with Crippen molar-refractivity contribution in [3.8, 4) is 10.7 Å². The second-order valence-corrected chi connectivity index (χ2v) is 5.98. The second-order valence-electron chi connectivity index (χ2n) is 5.03. The minimum atomic E-state index is 0.0466. The fourth-order valence-corrected chi connectivity index (χ4v) is 2.74. The van der Waals surface area contributed by atoms with Gasteiger partial charge in [0.15, 0.2) is 0 Å². The molecule has 19 heavy (non-hydrogen) atoms. The molecule has 100 valence electrons. The van der Waals surface area contributed by atoms with Crippen LogP contribution in [-0.2, 0) is 4.79 Å². The van der Waals surface area contributed by atoms with E-state index in [1.165, 1.54) is 0 Å². The molecule has 1 amide bonds. The number of nitrogens with zero attached hydrogens (tertiary/aromatic N) is 3. The van der Waals surface area contributed by atoms with E-state index < -0.39 is 0 Å². The molecule has 0 radical (unpaired) electrons. The number of aromatic nitrogens is 2. The summed E-state index contributed by atoms with van der Waals surface area (Å²) in [6.45, 7) is 5.20. The molecule has 3 rings (SSSR count). The predicted molar refractivity (Wildman–Crippen MR) is 71.8 cm³/mol. The summed E-state index contributed by atoms with van der Waals surface area (Å²) in [6, 6.07) is 3.93. The number of likely N-dealkylation sites (tertiary alicyclic amines) is 1. The maximum Gasteiger partial charge on any atom is 0.233 e.